The molecule has 0 saturated carbocycles. The molecule has 148 valence electrons. The second-order valence-corrected chi connectivity index (χ2v) is 6.67. The second-order valence-electron chi connectivity index (χ2n) is 5.71. The van der Waals surface area contributed by atoms with Gasteiger partial charge in [-0.1, -0.05) is 56.8 Å². The summed E-state index contributed by atoms with van der Waals surface area (Å²) in [5, 5.41) is 4.16. The predicted molar refractivity (Wildman–Crippen MR) is 124 cm³/mol. The molecule has 0 aliphatic heterocycles. The Kier molecular flexibility index (Phi) is 21.3. The highest BCUT2D eigenvalue weighted by Gasteiger charge is 2.02. The molecule has 0 aromatic heterocycles. The van der Waals surface area contributed by atoms with Gasteiger partial charge >= 0.3 is 0 Å². The van der Waals surface area contributed by atoms with Crippen molar-refractivity contribution in [1.82, 2.24) is 10.2 Å². The third-order valence-corrected chi connectivity index (χ3v) is 4.16. The first-order valence-corrected chi connectivity index (χ1v) is 10.0. The molecule has 0 spiro atoms. The maximum atomic E-state index is 5.58. The van der Waals surface area contributed by atoms with Crippen molar-refractivity contribution < 1.29 is 0 Å². The Balaban J connectivity index is 0. The van der Waals surface area contributed by atoms with Gasteiger partial charge in [0.05, 0.1) is 0 Å². The van der Waals surface area contributed by atoms with E-state index in [0.717, 1.165) is 16.5 Å². The number of nitrogens with one attached hydrogen (secondary N) is 1. The molecule has 26 heavy (non-hydrogen) atoms. The fourth-order valence-corrected chi connectivity index (χ4v) is 2.26. The third kappa shape index (κ3) is 19.3. The minimum atomic E-state index is 0.614. The quantitative estimate of drug-likeness (QED) is 0.275. The third-order valence-electron chi connectivity index (χ3n) is 3.61. The van der Waals surface area contributed by atoms with Gasteiger partial charge in [0.1, 0.15) is 0 Å². The van der Waals surface area contributed by atoms with Gasteiger partial charge in [-0.25, -0.2) is 0 Å². The molecule has 0 radical (unpaired) electrons. The molecule has 0 fully saturated rings. The first kappa shape index (κ1) is 27.2. The van der Waals surface area contributed by atoms with Crippen LogP contribution in [0.2, 0.25) is 5.02 Å². The van der Waals surface area contributed by atoms with E-state index in [0.29, 0.717) is 6.04 Å². The van der Waals surface area contributed by atoms with Crippen LogP contribution in [0, 0.1) is 0 Å². The Hall–Kier alpha value is -1.00. The average Bonchev–Trinajstić information content (AvgIpc) is 2.66. The maximum Gasteiger partial charge on any atom is 0.0406 e. The minimum absolute atomic E-state index is 0.614. The summed E-state index contributed by atoms with van der Waals surface area (Å²) in [6.45, 7) is 21.6. The standard InChI is InChI=1S/C12H26N2.C6H5ClS.C4H6/c1-5-10-13-12(4)9-8-11-14(6-2)7-3;7-5-1-3-6(8)4-2-5;1-3-4-2/h5,12-13H,1,6-11H2,2-4H3;1-4,8H;3-4H,1-2H2. The number of rotatable bonds is 10. The highest BCUT2D eigenvalue weighted by molar-refractivity contribution is 7.80. The summed E-state index contributed by atoms with van der Waals surface area (Å²) in [6, 6.07) is 7.94. The molecule has 0 aliphatic carbocycles. The van der Waals surface area contributed by atoms with Gasteiger partial charge in [-0.15, -0.1) is 19.2 Å². The number of hydrogen-bond donors (Lipinski definition) is 2. The number of halogens is 1. The zero-order chi connectivity index (χ0) is 20.2. The average molecular weight is 397 g/mol. The molecule has 1 unspecified atom stereocenters. The van der Waals surface area contributed by atoms with Crippen molar-refractivity contribution in [3.8, 4) is 0 Å². The van der Waals surface area contributed by atoms with E-state index in [1.165, 1.54) is 32.5 Å². The molecule has 0 bridgehead atoms. The number of benzene rings is 1. The van der Waals surface area contributed by atoms with Crippen LogP contribution in [0.3, 0.4) is 0 Å². The number of thiol groups is 1. The van der Waals surface area contributed by atoms with Crippen LogP contribution in [0.5, 0.6) is 0 Å². The van der Waals surface area contributed by atoms with Crippen molar-refractivity contribution in [2.24, 2.45) is 0 Å². The zero-order valence-electron chi connectivity index (χ0n) is 16.8. The Morgan fingerprint density at radius 2 is 1.65 bits per heavy atom. The molecule has 0 amide bonds. The number of nitrogens with zero attached hydrogens (tertiary/aromatic N) is 1. The molecule has 4 heteroatoms. The van der Waals surface area contributed by atoms with Gasteiger partial charge in [0, 0.05) is 22.5 Å². The van der Waals surface area contributed by atoms with Crippen LogP contribution in [0.1, 0.15) is 33.6 Å². The van der Waals surface area contributed by atoms with E-state index in [2.05, 4.69) is 63.4 Å². The maximum absolute atomic E-state index is 5.58. The first-order valence-electron chi connectivity index (χ1n) is 9.19. The van der Waals surface area contributed by atoms with E-state index in [4.69, 9.17) is 11.6 Å². The van der Waals surface area contributed by atoms with Gasteiger partial charge in [-0.05, 0) is 63.7 Å². The summed E-state index contributed by atoms with van der Waals surface area (Å²) in [5.41, 5.74) is 0. The van der Waals surface area contributed by atoms with Crippen molar-refractivity contribution in [3.05, 3.63) is 67.3 Å². The summed E-state index contributed by atoms with van der Waals surface area (Å²) in [5.74, 6) is 0. The van der Waals surface area contributed by atoms with Crippen molar-refractivity contribution >= 4 is 24.2 Å². The van der Waals surface area contributed by atoms with Crippen LogP contribution < -0.4 is 5.32 Å². The lowest BCUT2D eigenvalue weighted by molar-refractivity contribution is 0.291. The van der Waals surface area contributed by atoms with Gasteiger partial charge in [-0.2, -0.15) is 0 Å². The van der Waals surface area contributed by atoms with Crippen molar-refractivity contribution in [2.45, 2.75) is 44.6 Å². The van der Waals surface area contributed by atoms with E-state index >= 15 is 0 Å². The van der Waals surface area contributed by atoms with Gasteiger partial charge in [-0.3, -0.25) is 0 Å². The number of allylic oxidation sites excluding steroid dienone is 2. The summed E-state index contributed by atoms with van der Waals surface area (Å²) >= 11 is 9.65. The first-order chi connectivity index (χ1) is 12.4. The van der Waals surface area contributed by atoms with E-state index in [1.807, 2.05) is 30.3 Å². The highest BCUT2D eigenvalue weighted by atomic mass is 35.5. The van der Waals surface area contributed by atoms with Crippen molar-refractivity contribution in [3.63, 3.8) is 0 Å². The smallest absolute Gasteiger partial charge is 0.0406 e. The molecule has 1 aromatic carbocycles. The molecular formula is C22H37ClN2S. The fourth-order valence-electron chi connectivity index (χ4n) is 1.99. The molecule has 1 aromatic rings. The van der Waals surface area contributed by atoms with Crippen molar-refractivity contribution in [1.29, 1.82) is 0 Å². The molecular weight excluding hydrogens is 360 g/mol. The van der Waals surface area contributed by atoms with E-state index in [9.17, 15) is 0 Å². The van der Waals surface area contributed by atoms with E-state index < -0.39 is 0 Å². The molecule has 0 heterocycles. The lowest BCUT2D eigenvalue weighted by Crippen LogP contribution is -2.29. The molecule has 1 N–H and O–H groups in total. The molecule has 1 rings (SSSR count). The Morgan fingerprint density at radius 1 is 1.12 bits per heavy atom. The normalized spacial score (nSPS) is 10.7. The van der Waals surface area contributed by atoms with Crippen LogP contribution in [-0.2, 0) is 0 Å². The van der Waals surface area contributed by atoms with Gasteiger partial charge in [0.25, 0.3) is 0 Å². The Bertz CT molecular complexity index is 429. The second kappa shape index (κ2) is 20.3. The molecule has 0 aliphatic rings. The summed E-state index contributed by atoms with van der Waals surface area (Å²) in [6.07, 6.45) is 7.73. The molecule has 2 nitrogen and oxygen atoms in total. The fraction of sp³-hybridized carbons (Fsp3) is 0.455. The van der Waals surface area contributed by atoms with Gasteiger partial charge < -0.3 is 10.2 Å². The van der Waals surface area contributed by atoms with Crippen LogP contribution in [0.25, 0.3) is 0 Å². The van der Waals surface area contributed by atoms with Crippen LogP contribution in [0.15, 0.2) is 67.1 Å². The SMILES string of the molecule is C=CC=C.C=CCNC(C)CCCN(CC)CC.Sc1ccc(Cl)cc1. The van der Waals surface area contributed by atoms with Gasteiger partial charge in [0.15, 0.2) is 0 Å². The number of hydrogen-bond acceptors (Lipinski definition) is 3. The van der Waals surface area contributed by atoms with Crippen LogP contribution in [0.4, 0.5) is 0 Å². The summed E-state index contributed by atoms with van der Waals surface area (Å²) < 4.78 is 0. The Morgan fingerprint density at radius 3 is 2.04 bits per heavy atom. The largest absolute Gasteiger partial charge is 0.311 e. The van der Waals surface area contributed by atoms with Gasteiger partial charge in [0.2, 0.25) is 0 Å². The van der Waals surface area contributed by atoms with Crippen LogP contribution >= 0.6 is 24.2 Å². The lowest BCUT2D eigenvalue weighted by atomic mass is 10.2. The molecule has 0 saturated heterocycles. The highest BCUT2D eigenvalue weighted by Crippen LogP contribution is 2.11. The topological polar surface area (TPSA) is 15.3 Å². The Labute approximate surface area is 172 Å². The predicted octanol–water partition coefficient (Wildman–Crippen LogP) is 6.26. The summed E-state index contributed by atoms with van der Waals surface area (Å²) in [7, 11) is 0. The molecule has 1 atom stereocenters. The lowest BCUT2D eigenvalue weighted by Gasteiger charge is -2.19. The zero-order valence-corrected chi connectivity index (χ0v) is 18.4. The van der Waals surface area contributed by atoms with Crippen molar-refractivity contribution in [2.75, 3.05) is 26.2 Å². The minimum Gasteiger partial charge on any atom is -0.311 e. The van der Waals surface area contributed by atoms with Crippen LogP contribution in [-0.4, -0.2) is 37.1 Å². The monoisotopic (exact) mass is 396 g/mol. The van der Waals surface area contributed by atoms with E-state index in [-0.39, 0.29) is 0 Å². The summed E-state index contributed by atoms with van der Waals surface area (Å²) in [4.78, 5) is 3.41. The van der Waals surface area contributed by atoms with E-state index in [1.54, 1.807) is 12.2 Å².